The molecule has 2 aromatic carbocycles. The molecule has 2 aromatic rings. The lowest BCUT2D eigenvalue weighted by Gasteiger charge is -2.11. The Morgan fingerprint density at radius 1 is 1.19 bits per heavy atom. The summed E-state index contributed by atoms with van der Waals surface area (Å²) in [7, 11) is 1.58. The number of ether oxygens (including phenoxy) is 1. The second kappa shape index (κ2) is 6.23. The van der Waals surface area contributed by atoms with Gasteiger partial charge < -0.3 is 10.1 Å². The van der Waals surface area contributed by atoms with E-state index in [4.69, 9.17) is 10.00 Å². The van der Waals surface area contributed by atoms with Crippen LogP contribution in [0.1, 0.15) is 16.7 Å². The lowest BCUT2D eigenvalue weighted by atomic mass is 10.1. The molecule has 0 aromatic heterocycles. The minimum Gasteiger partial charge on any atom is -0.496 e. The Hall–Kier alpha value is -2.61. The van der Waals surface area contributed by atoms with Crippen LogP contribution in [0.15, 0.2) is 30.3 Å². The van der Waals surface area contributed by atoms with Crippen molar-refractivity contribution in [3.8, 4) is 11.8 Å². The third-order valence-electron chi connectivity index (χ3n) is 3.13. The third kappa shape index (κ3) is 3.29. The molecule has 0 aliphatic heterocycles. The number of hydrogen-bond donors (Lipinski definition) is 1. The summed E-state index contributed by atoms with van der Waals surface area (Å²) < 4.78 is 32.6. The van der Waals surface area contributed by atoms with E-state index in [0.29, 0.717) is 0 Å². The molecule has 0 aliphatic rings. The topological polar surface area (TPSA) is 45.0 Å². The second-order valence-electron chi connectivity index (χ2n) is 4.57. The monoisotopic (exact) mass is 288 g/mol. The van der Waals surface area contributed by atoms with Crippen molar-refractivity contribution in [2.75, 3.05) is 12.4 Å². The number of aryl methyl sites for hydroxylation is 1. The van der Waals surface area contributed by atoms with Crippen LogP contribution in [-0.2, 0) is 6.54 Å². The van der Waals surface area contributed by atoms with Crippen molar-refractivity contribution >= 4 is 5.69 Å². The maximum Gasteiger partial charge on any atom is 0.132 e. The Morgan fingerprint density at radius 3 is 2.38 bits per heavy atom. The summed E-state index contributed by atoms with van der Waals surface area (Å²) in [4.78, 5) is 0. The van der Waals surface area contributed by atoms with Gasteiger partial charge in [-0.1, -0.05) is 0 Å². The number of rotatable bonds is 4. The highest BCUT2D eigenvalue weighted by Gasteiger charge is 2.11. The number of halogens is 2. The normalized spacial score (nSPS) is 10.0. The van der Waals surface area contributed by atoms with Gasteiger partial charge in [0.15, 0.2) is 0 Å². The molecular formula is C16H14F2N2O. The molecule has 21 heavy (non-hydrogen) atoms. The van der Waals surface area contributed by atoms with Crippen LogP contribution >= 0.6 is 0 Å². The maximum absolute atomic E-state index is 13.7. The largest absolute Gasteiger partial charge is 0.496 e. The number of nitriles is 1. The number of benzene rings is 2. The van der Waals surface area contributed by atoms with E-state index in [1.807, 2.05) is 13.0 Å². The predicted molar refractivity (Wildman–Crippen MR) is 76.1 cm³/mol. The number of hydrogen-bond acceptors (Lipinski definition) is 3. The molecule has 0 bridgehead atoms. The predicted octanol–water partition coefficient (Wildman–Crippen LogP) is 3.77. The fraction of sp³-hybridized carbons (Fsp3) is 0.188. The van der Waals surface area contributed by atoms with Crippen molar-refractivity contribution in [3.63, 3.8) is 0 Å². The fourth-order valence-corrected chi connectivity index (χ4v) is 2.02. The number of anilines is 1. The first kappa shape index (κ1) is 14.8. The molecule has 0 heterocycles. The molecule has 1 N–H and O–H groups in total. The van der Waals surface area contributed by atoms with E-state index in [2.05, 4.69) is 5.32 Å². The molecule has 0 unspecified atom stereocenters. The molecule has 5 heteroatoms. The van der Waals surface area contributed by atoms with E-state index in [1.54, 1.807) is 25.3 Å². The molecule has 0 saturated carbocycles. The highest BCUT2D eigenvalue weighted by molar-refractivity contribution is 5.51. The van der Waals surface area contributed by atoms with Gasteiger partial charge in [0.2, 0.25) is 0 Å². The summed E-state index contributed by atoms with van der Waals surface area (Å²) in [5, 5.41) is 11.6. The molecule has 0 aliphatic carbocycles. The second-order valence-corrected chi connectivity index (χ2v) is 4.57. The van der Waals surface area contributed by atoms with Crippen LogP contribution < -0.4 is 10.1 Å². The third-order valence-corrected chi connectivity index (χ3v) is 3.13. The molecule has 0 spiro atoms. The smallest absolute Gasteiger partial charge is 0.132 e. The molecular weight excluding hydrogens is 274 g/mol. The van der Waals surface area contributed by atoms with Crippen LogP contribution in [0.3, 0.4) is 0 Å². The quantitative estimate of drug-likeness (QED) is 0.931. The molecule has 0 saturated heterocycles. The van der Waals surface area contributed by atoms with Gasteiger partial charge in [0.1, 0.15) is 17.4 Å². The van der Waals surface area contributed by atoms with Crippen LogP contribution in [0.4, 0.5) is 14.5 Å². The van der Waals surface area contributed by atoms with Crippen LogP contribution in [-0.4, -0.2) is 7.11 Å². The average molecular weight is 288 g/mol. The lowest BCUT2D eigenvalue weighted by molar-refractivity contribution is 0.412. The lowest BCUT2D eigenvalue weighted by Crippen LogP contribution is -2.05. The summed E-state index contributed by atoms with van der Waals surface area (Å²) in [6.07, 6.45) is 0. The number of nitrogens with zero attached hydrogens (tertiary/aromatic N) is 1. The van der Waals surface area contributed by atoms with Gasteiger partial charge in [-0.3, -0.25) is 0 Å². The van der Waals surface area contributed by atoms with Crippen LogP contribution in [0, 0.1) is 29.9 Å². The van der Waals surface area contributed by atoms with Crippen molar-refractivity contribution in [3.05, 3.63) is 58.7 Å². The van der Waals surface area contributed by atoms with Crippen molar-refractivity contribution in [1.82, 2.24) is 0 Å². The van der Waals surface area contributed by atoms with Gasteiger partial charge in [-0.2, -0.15) is 5.26 Å². The van der Waals surface area contributed by atoms with Crippen LogP contribution in [0.2, 0.25) is 0 Å². The van der Waals surface area contributed by atoms with Gasteiger partial charge in [-0.25, -0.2) is 8.78 Å². The van der Waals surface area contributed by atoms with E-state index in [9.17, 15) is 8.78 Å². The number of methoxy groups -OCH3 is 1. The van der Waals surface area contributed by atoms with Gasteiger partial charge in [0.05, 0.1) is 18.7 Å². The Balaban J connectivity index is 2.17. The van der Waals surface area contributed by atoms with Gasteiger partial charge in [-0.05, 0) is 42.8 Å². The Kier molecular flexibility index (Phi) is 4.39. The highest BCUT2D eigenvalue weighted by Crippen LogP contribution is 2.23. The Morgan fingerprint density at radius 2 is 1.86 bits per heavy atom. The van der Waals surface area contributed by atoms with Crippen molar-refractivity contribution in [2.24, 2.45) is 0 Å². The zero-order valence-electron chi connectivity index (χ0n) is 11.7. The van der Waals surface area contributed by atoms with Gasteiger partial charge in [-0.15, -0.1) is 0 Å². The van der Waals surface area contributed by atoms with E-state index in [-0.39, 0.29) is 17.7 Å². The summed E-state index contributed by atoms with van der Waals surface area (Å²) in [6.45, 7) is 1.88. The zero-order valence-corrected chi connectivity index (χ0v) is 11.7. The Labute approximate surface area is 121 Å². The Bertz CT molecular complexity index is 685. The van der Waals surface area contributed by atoms with E-state index in [1.165, 1.54) is 0 Å². The average Bonchev–Trinajstić information content (AvgIpc) is 2.46. The molecule has 3 nitrogen and oxygen atoms in total. The first-order valence-corrected chi connectivity index (χ1v) is 6.31. The molecule has 0 amide bonds. The summed E-state index contributed by atoms with van der Waals surface area (Å²) >= 11 is 0. The first-order chi connectivity index (χ1) is 10.0. The van der Waals surface area contributed by atoms with Crippen molar-refractivity contribution in [1.29, 1.82) is 5.26 Å². The van der Waals surface area contributed by atoms with E-state index in [0.717, 1.165) is 29.1 Å². The minimum atomic E-state index is -0.732. The summed E-state index contributed by atoms with van der Waals surface area (Å²) in [6, 6.07) is 9.15. The summed E-state index contributed by atoms with van der Waals surface area (Å²) in [5.41, 5.74) is 1.52. The van der Waals surface area contributed by atoms with Crippen molar-refractivity contribution in [2.45, 2.75) is 13.5 Å². The van der Waals surface area contributed by atoms with Crippen LogP contribution in [0.5, 0.6) is 5.75 Å². The molecule has 2 rings (SSSR count). The highest BCUT2D eigenvalue weighted by atomic mass is 19.1. The molecule has 0 atom stereocenters. The summed E-state index contributed by atoms with van der Waals surface area (Å²) in [5.74, 6) is -0.718. The fourth-order valence-electron chi connectivity index (χ4n) is 2.02. The van der Waals surface area contributed by atoms with Gasteiger partial charge in [0.25, 0.3) is 0 Å². The molecule has 0 radical (unpaired) electrons. The van der Waals surface area contributed by atoms with Gasteiger partial charge in [0, 0.05) is 17.8 Å². The first-order valence-electron chi connectivity index (χ1n) is 6.31. The zero-order chi connectivity index (χ0) is 15.4. The molecule has 0 fully saturated rings. The van der Waals surface area contributed by atoms with Crippen molar-refractivity contribution < 1.29 is 13.5 Å². The van der Waals surface area contributed by atoms with Crippen LogP contribution in [0.25, 0.3) is 0 Å². The SMILES string of the molecule is COc1ccc(NCc2c(F)cc(C#N)cc2F)cc1C. The maximum atomic E-state index is 13.7. The standard InChI is InChI=1S/C16H14F2N2O/c1-10-5-12(3-4-16(10)21-2)20-9-13-14(17)6-11(8-19)7-15(13)18/h3-7,20H,9H2,1-2H3. The van der Waals surface area contributed by atoms with E-state index >= 15 is 0 Å². The molecule has 108 valence electrons. The number of nitrogens with one attached hydrogen (secondary N) is 1. The van der Waals surface area contributed by atoms with Gasteiger partial charge >= 0.3 is 0 Å². The van der Waals surface area contributed by atoms with E-state index < -0.39 is 11.6 Å². The minimum absolute atomic E-state index is 0.00482.